The minimum absolute atomic E-state index is 0.0344. The van der Waals surface area contributed by atoms with Gasteiger partial charge in [-0.15, -0.1) is 0 Å². The Kier molecular flexibility index (Phi) is 6.53. The van der Waals surface area contributed by atoms with Gasteiger partial charge in [0.1, 0.15) is 11.6 Å². The van der Waals surface area contributed by atoms with Crippen molar-refractivity contribution in [1.29, 1.82) is 10.5 Å². The number of nitrogens with one attached hydrogen (secondary N) is 1. The molecule has 0 saturated carbocycles. The fourth-order valence-electron chi connectivity index (χ4n) is 1.48. The van der Waals surface area contributed by atoms with Gasteiger partial charge in [0, 0.05) is 20.3 Å². The van der Waals surface area contributed by atoms with Crippen LogP contribution >= 0.6 is 0 Å². The van der Waals surface area contributed by atoms with E-state index in [1.54, 1.807) is 31.4 Å². The molecular weight excluding hydrogens is 254 g/mol. The monoisotopic (exact) mass is 269 g/mol. The third kappa shape index (κ3) is 4.93. The number of nitrogens with zero attached hydrogens (tertiary/aromatic N) is 2. The van der Waals surface area contributed by atoms with Gasteiger partial charge < -0.3 is 10.1 Å². The van der Waals surface area contributed by atoms with Crippen molar-refractivity contribution in [2.24, 2.45) is 0 Å². The highest BCUT2D eigenvalue weighted by atomic mass is 16.5. The number of hydrogen-bond acceptors (Lipinski definition) is 4. The van der Waals surface area contributed by atoms with E-state index in [0.717, 1.165) is 0 Å². The highest BCUT2D eigenvalue weighted by molar-refractivity contribution is 6.01. The standard InChI is InChI=1S/C15H15N3O2/c1-20-8-2-7-18-15(19)14(11-17)9-12-3-5-13(10-16)6-4-12/h3-6,9H,2,7-8H2,1H3,(H,18,19)/b14-9+. The number of benzene rings is 1. The third-order valence-electron chi connectivity index (χ3n) is 2.53. The van der Waals surface area contributed by atoms with Gasteiger partial charge in [0.25, 0.3) is 5.91 Å². The second-order valence-electron chi connectivity index (χ2n) is 4.01. The maximum atomic E-state index is 11.8. The first-order valence-corrected chi connectivity index (χ1v) is 6.10. The molecule has 1 rings (SSSR count). The van der Waals surface area contributed by atoms with Crippen LogP contribution in [0.2, 0.25) is 0 Å². The maximum absolute atomic E-state index is 11.8. The smallest absolute Gasteiger partial charge is 0.261 e. The summed E-state index contributed by atoms with van der Waals surface area (Å²) >= 11 is 0. The zero-order valence-corrected chi connectivity index (χ0v) is 11.2. The summed E-state index contributed by atoms with van der Waals surface area (Å²) in [5, 5.41) is 20.3. The number of hydrogen-bond donors (Lipinski definition) is 1. The Morgan fingerprint density at radius 2 is 2.05 bits per heavy atom. The largest absolute Gasteiger partial charge is 0.385 e. The van der Waals surface area contributed by atoms with Crippen molar-refractivity contribution >= 4 is 12.0 Å². The molecule has 1 aromatic carbocycles. The number of ether oxygens (including phenoxy) is 1. The van der Waals surface area contributed by atoms with Crippen molar-refractivity contribution in [1.82, 2.24) is 5.32 Å². The van der Waals surface area contributed by atoms with Crippen LogP contribution < -0.4 is 5.32 Å². The van der Waals surface area contributed by atoms with Crippen molar-refractivity contribution < 1.29 is 9.53 Å². The van der Waals surface area contributed by atoms with Crippen molar-refractivity contribution in [3.05, 3.63) is 41.0 Å². The molecule has 0 unspecified atom stereocenters. The first-order chi connectivity index (χ1) is 9.71. The molecule has 0 aliphatic carbocycles. The van der Waals surface area contributed by atoms with E-state index in [-0.39, 0.29) is 5.57 Å². The maximum Gasteiger partial charge on any atom is 0.261 e. The van der Waals surface area contributed by atoms with E-state index in [2.05, 4.69) is 5.32 Å². The third-order valence-corrected chi connectivity index (χ3v) is 2.53. The van der Waals surface area contributed by atoms with Gasteiger partial charge in [-0.3, -0.25) is 4.79 Å². The molecule has 5 heteroatoms. The molecule has 0 heterocycles. The molecule has 5 nitrogen and oxygen atoms in total. The van der Waals surface area contributed by atoms with Crippen LogP contribution in [0.1, 0.15) is 17.5 Å². The predicted molar refractivity (Wildman–Crippen MR) is 74.2 cm³/mol. The Balaban J connectivity index is 2.69. The molecule has 1 N–H and O–H groups in total. The van der Waals surface area contributed by atoms with Gasteiger partial charge in [0.15, 0.2) is 0 Å². The summed E-state index contributed by atoms with van der Waals surface area (Å²) in [5.74, 6) is -0.409. The van der Waals surface area contributed by atoms with Gasteiger partial charge in [-0.2, -0.15) is 10.5 Å². The number of rotatable bonds is 6. The van der Waals surface area contributed by atoms with Crippen LogP contribution in [0.4, 0.5) is 0 Å². The van der Waals surface area contributed by atoms with Crippen molar-refractivity contribution in [3.8, 4) is 12.1 Å². The number of nitriles is 2. The van der Waals surface area contributed by atoms with Crippen molar-refractivity contribution in [2.45, 2.75) is 6.42 Å². The van der Waals surface area contributed by atoms with Crippen LogP contribution in [0.15, 0.2) is 29.8 Å². The Morgan fingerprint density at radius 3 is 2.60 bits per heavy atom. The summed E-state index contributed by atoms with van der Waals surface area (Å²) in [5.41, 5.74) is 1.27. The SMILES string of the molecule is COCCCNC(=O)/C(C#N)=C/c1ccc(C#N)cc1. The van der Waals surface area contributed by atoms with Crippen molar-refractivity contribution in [2.75, 3.05) is 20.3 Å². The number of methoxy groups -OCH3 is 1. The molecule has 0 atom stereocenters. The fraction of sp³-hybridized carbons (Fsp3) is 0.267. The zero-order valence-electron chi connectivity index (χ0n) is 11.2. The second kappa shape index (κ2) is 8.47. The highest BCUT2D eigenvalue weighted by Crippen LogP contribution is 2.08. The predicted octanol–water partition coefficient (Wildman–Crippen LogP) is 1.62. The Morgan fingerprint density at radius 1 is 1.35 bits per heavy atom. The fourth-order valence-corrected chi connectivity index (χ4v) is 1.48. The Hall–Kier alpha value is -2.63. The minimum atomic E-state index is -0.409. The Bertz CT molecular complexity index is 562. The molecule has 1 aromatic rings. The van der Waals surface area contributed by atoms with Gasteiger partial charge in [-0.25, -0.2) is 0 Å². The van der Waals surface area contributed by atoms with Gasteiger partial charge in [0.2, 0.25) is 0 Å². The molecule has 0 spiro atoms. The molecule has 0 bridgehead atoms. The summed E-state index contributed by atoms with van der Waals surface area (Å²) < 4.78 is 4.87. The first-order valence-electron chi connectivity index (χ1n) is 6.10. The summed E-state index contributed by atoms with van der Waals surface area (Å²) in [6.07, 6.45) is 2.19. The summed E-state index contributed by atoms with van der Waals surface area (Å²) in [4.78, 5) is 11.8. The number of carbonyl (C=O) groups is 1. The summed E-state index contributed by atoms with van der Waals surface area (Å²) in [6.45, 7) is 1.01. The first kappa shape index (κ1) is 15.4. The molecule has 1 amide bonds. The van der Waals surface area contributed by atoms with Crippen LogP contribution in [0, 0.1) is 22.7 Å². The van der Waals surface area contributed by atoms with E-state index in [1.165, 1.54) is 6.08 Å². The van der Waals surface area contributed by atoms with Gasteiger partial charge in [0.05, 0.1) is 11.6 Å². The lowest BCUT2D eigenvalue weighted by Crippen LogP contribution is -2.26. The molecule has 102 valence electrons. The average Bonchev–Trinajstić information content (AvgIpc) is 2.49. The molecule has 0 aromatic heterocycles. The molecule has 0 saturated heterocycles. The van der Waals surface area contributed by atoms with E-state index in [9.17, 15) is 4.79 Å². The van der Waals surface area contributed by atoms with Crippen LogP contribution in [0.25, 0.3) is 6.08 Å². The topological polar surface area (TPSA) is 85.9 Å². The average molecular weight is 269 g/mol. The van der Waals surface area contributed by atoms with E-state index in [0.29, 0.717) is 30.7 Å². The second-order valence-corrected chi connectivity index (χ2v) is 4.01. The van der Waals surface area contributed by atoms with Gasteiger partial charge >= 0.3 is 0 Å². The molecule has 0 radical (unpaired) electrons. The lowest BCUT2D eigenvalue weighted by atomic mass is 10.1. The van der Waals surface area contributed by atoms with E-state index < -0.39 is 5.91 Å². The lowest BCUT2D eigenvalue weighted by molar-refractivity contribution is -0.117. The Labute approximate surface area is 118 Å². The molecule has 0 aliphatic rings. The van der Waals surface area contributed by atoms with Crippen LogP contribution in [-0.4, -0.2) is 26.2 Å². The van der Waals surface area contributed by atoms with Gasteiger partial charge in [-0.1, -0.05) is 12.1 Å². The summed E-state index contributed by atoms with van der Waals surface area (Å²) in [7, 11) is 1.59. The summed E-state index contributed by atoms with van der Waals surface area (Å²) in [6, 6.07) is 10.5. The molecule has 20 heavy (non-hydrogen) atoms. The molecular formula is C15H15N3O2. The van der Waals surface area contributed by atoms with E-state index in [1.807, 2.05) is 12.1 Å². The van der Waals surface area contributed by atoms with E-state index in [4.69, 9.17) is 15.3 Å². The normalized spacial score (nSPS) is 10.4. The van der Waals surface area contributed by atoms with E-state index >= 15 is 0 Å². The number of carbonyl (C=O) groups excluding carboxylic acids is 1. The van der Waals surface area contributed by atoms with Crippen LogP contribution in [-0.2, 0) is 9.53 Å². The molecule has 0 aliphatic heterocycles. The van der Waals surface area contributed by atoms with Gasteiger partial charge in [-0.05, 0) is 30.2 Å². The van der Waals surface area contributed by atoms with Crippen molar-refractivity contribution in [3.63, 3.8) is 0 Å². The van der Waals surface area contributed by atoms with Crippen LogP contribution in [0.5, 0.6) is 0 Å². The number of amides is 1. The highest BCUT2D eigenvalue weighted by Gasteiger charge is 2.07. The quantitative estimate of drug-likeness (QED) is 0.483. The zero-order chi connectivity index (χ0) is 14.8. The minimum Gasteiger partial charge on any atom is -0.385 e. The lowest BCUT2D eigenvalue weighted by Gasteiger charge is -2.03. The van der Waals surface area contributed by atoms with Crippen LogP contribution in [0.3, 0.4) is 0 Å². The molecule has 0 fully saturated rings.